The molecular weight excluding hydrogens is 1150 g/mol. The normalized spacial score (nSPS) is 13.3. The molecule has 0 aromatic heterocycles. The van der Waals surface area contributed by atoms with E-state index in [1.165, 1.54) is 295 Å². The van der Waals surface area contributed by atoms with Crippen LogP contribution in [0.4, 0.5) is 0 Å². The van der Waals surface area contributed by atoms with E-state index in [0.717, 1.165) is 64.2 Å². The Bertz CT molecular complexity index is 1720. The molecule has 0 aromatic carbocycles. The molecule has 0 radical (unpaired) electrons. The van der Waals surface area contributed by atoms with Crippen LogP contribution < -0.4 is 4.89 Å². The van der Waals surface area contributed by atoms with E-state index in [-0.39, 0.29) is 32.0 Å². The van der Waals surface area contributed by atoms with Gasteiger partial charge in [-0.15, -0.1) is 0 Å². The molecule has 0 aliphatic rings. The lowest BCUT2D eigenvalue weighted by Gasteiger charge is -2.28. The molecule has 0 aromatic rings. The number of carbonyl (C=O) groups is 2. The van der Waals surface area contributed by atoms with E-state index in [4.69, 9.17) is 18.5 Å². The van der Waals surface area contributed by atoms with Crippen molar-refractivity contribution >= 4 is 19.8 Å². The first kappa shape index (κ1) is 88.7. The number of esters is 2. The lowest BCUT2D eigenvalue weighted by Crippen LogP contribution is -2.37. The summed E-state index contributed by atoms with van der Waals surface area (Å²) >= 11 is 0. The molecule has 2 unspecified atom stereocenters. The number of phosphoric acid groups is 1. The van der Waals surface area contributed by atoms with Gasteiger partial charge in [0.1, 0.15) is 19.8 Å². The molecule has 0 rings (SSSR count). The number of quaternary nitrogens is 1. The fourth-order valence-corrected chi connectivity index (χ4v) is 12.5. The van der Waals surface area contributed by atoms with Gasteiger partial charge in [0.25, 0.3) is 7.82 Å². The quantitative estimate of drug-likeness (QED) is 0.0195. The molecule has 0 amide bonds. The molecule has 91 heavy (non-hydrogen) atoms. The Morgan fingerprint density at radius 3 is 0.934 bits per heavy atom. The smallest absolute Gasteiger partial charge is 0.306 e. The van der Waals surface area contributed by atoms with Crippen molar-refractivity contribution in [3.05, 3.63) is 60.8 Å². The van der Waals surface area contributed by atoms with E-state index in [1.54, 1.807) is 0 Å². The Balaban J connectivity index is 3.89. The van der Waals surface area contributed by atoms with Crippen LogP contribution in [0.5, 0.6) is 0 Å². The Hall–Kier alpha value is -2.29. The van der Waals surface area contributed by atoms with Crippen molar-refractivity contribution in [2.24, 2.45) is 0 Å². The van der Waals surface area contributed by atoms with Gasteiger partial charge in [0.05, 0.1) is 27.7 Å². The van der Waals surface area contributed by atoms with Crippen LogP contribution in [0.1, 0.15) is 393 Å². The van der Waals surface area contributed by atoms with Crippen molar-refractivity contribution in [1.82, 2.24) is 0 Å². The SMILES string of the molecule is CC/C=C\C/C=C\C/C=C\C/C=C\C/C=C\CCCCCCCCCCCCCCCCCCCCCCCCCCCC(=O)OC(COC(=O)CCCCCCCCCCCCCCCCCCCCCCCCCCCC)COP(=O)([O-])OCC[N+](C)(C)C. The molecule has 0 saturated carbocycles. The first-order chi connectivity index (χ1) is 44.5. The van der Waals surface area contributed by atoms with Gasteiger partial charge in [0, 0.05) is 12.8 Å². The number of phosphoric ester groups is 1. The summed E-state index contributed by atoms with van der Waals surface area (Å²) in [6.07, 6.45) is 96.3. The summed E-state index contributed by atoms with van der Waals surface area (Å²) in [6.45, 7) is 4.20. The average molecular weight is 1300 g/mol. The molecule has 0 spiro atoms. The van der Waals surface area contributed by atoms with Crippen LogP contribution in [-0.2, 0) is 32.7 Å². The number of unbranched alkanes of at least 4 members (excludes halogenated alkanes) is 50. The highest BCUT2D eigenvalue weighted by molar-refractivity contribution is 7.45. The third-order valence-electron chi connectivity index (χ3n) is 17.8. The zero-order chi connectivity index (χ0) is 66.2. The average Bonchev–Trinajstić information content (AvgIpc) is 3.69. The van der Waals surface area contributed by atoms with Crippen LogP contribution in [-0.4, -0.2) is 70.0 Å². The molecule has 9 nitrogen and oxygen atoms in total. The highest BCUT2D eigenvalue weighted by atomic mass is 31.2. The molecule has 534 valence electrons. The minimum Gasteiger partial charge on any atom is -0.756 e. The molecule has 0 saturated heterocycles. The van der Waals surface area contributed by atoms with Crippen LogP contribution >= 0.6 is 7.82 Å². The third-order valence-corrected chi connectivity index (χ3v) is 18.8. The van der Waals surface area contributed by atoms with Gasteiger partial charge in [-0.1, -0.05) is 383 Å². The minimum absolute atomic E-state index is 0.0275. The van der Waals surface area contributed by atoms with Gasteiger partial charge in [0.15, 0.2) is 6.10 Å². The maximum Gasteiger partial charge on any atom is 0.306 e. The predicted molar refractivity (Wildman–Crippen MR) is 393 cm³/mol. The molecule has 0 bridgehead atoms. The van der Waals surface area contributed by atoms with Crippen LogP contribution in [0.25, 0.3) is 0 Å². The van der Waals surface area contributed by atoms with Gasteiger partial charge in [-0.3, -0.25) is 14.2 Å². The molecule has 0 aliphatic carbocycles. The van der Waals surface area contributed by atoms with Crippen molar-refractivity contribution in [1.29, 1.82) is 0 Å². The van der Waals surface area contributed by atoms with Gasteiger partial charge in [-0.05, 0) is 57.8 Å². The molecular formula is C81H152NO8P. The third kappa shape index (κ3) is 76.6. The topological polar surface area (TPSA) is 111 Å². The Labute approximate surface area is 566 Å². The van der Waals surface area contributed by atoms with Crippen LogP contribution in [0, 0.1) is 0 Å². The highest BCUT2D eigenvalue weighted by Crippen LogP contribution is 2.38. The fourth-order valence-electron chi connectivity index (χ4n) is 11.8. The van der Waals surface area contributed by atoms with E-state index in [1.807, 2.05) is 21.1 Å². The van der Waals surface area contributed by atoms with E-state index in [2.05, 4.69) is 74.6 Å². The lowest BCUT2D eigenvalue weighted by atomic mass is 10.0. The molecule has 2 atom stereocenters. The Morgan fingerprint density at radius 1 is 0.352 bits per heavy atom. The molecule has 0 aliphatic heterocycles. The number of hydrogen-bond donors (Lipinski definition) is 0. The number of allylic oxidation sites excluding steroid dienone is 10. The minimum atomic E-state index is -4.64. The zero-order valence-electron chi connectivity index (χ0n) is 61.1. The second-order valence-electron chi connectivity index (χ2n) is 28.1. The van der Waals surface area contributed by atoms with E-state index in [9.17, 15) is 19.0 Å². The molecule has 0 fully saturated rings. The van der Waals surface area contributed by atoms with E-state index in [0.29, 0.717) is 17.4 Å². The highest BCUT2D eigenvalue weighted by Gasteiger charge is 2.22. The lowest BCUT2D eigenvalue weighted by molar-refractivity contribution is -0.870. The summed E-state index contributed by atoms with van der Waals surface area (Å²) in [5.41, 5.74) is 0. The number of ether oxygens (including phenoxy) is 2. The molecule has 10 heteroatoms. The van der Waals surface area contributed by atoms with Crippen molar-refractivity contribution < 1.29 is 42.1 Å². The maximum atomic E-state index is 12.9. The van der Waals surface area contributed by atoms with Crippen molar-refractivity contribution in [2.75, 3.05) is 47.5 Å². The van der Waals surface area contributed by atoms with Crippen LogP contribution in [0.3, 0.4) is 0 Å². The van der Waals surface area contributed by atoms with Gasteiger partial charge in [-0.25, -0.2) is 0 Å². The van der Waals surface area contributed by atoms with Crippen molar-refractivity contribution in [3.8, 4) is 0 Å². The monoisotopic (exact) mass is 1300 g/mol. The van der Waals surface area contributed by atoms with Gasteiger partial charge in [0.2, 0.25) is 0 Å². The summed E-state index contributed by atoms with van der Waals surface area (Å²) in [6, 6.07) is 0. The summed E-state index contributed by atoms with van der Waals surface area (Å²) in [7, 11) is 1.19. The number of nitrogens with zero attached hydrogens (tertiary/aromatic N) is 1. The zero-order valence-corrected chi connectivity index (χ0v) is 62.0. The second-order valence-corrected chi connectivity index (χ2v) is 29.5. The maximum absolute atomic E-state index is 12.9. The summed E-state index contributed by atoms with van der Waals surface area (Å²) < 4.78 is 34.4. The van der Waals surface area contributed by atoms with Crippen molar-refractivity contribution in [3.63, 3.8) is 0 Å². The van der Waals surface area contributed by atoms with Crippen LogP contribution in [0.15, 0.2) is 60.8 Å². The number of hydrogen-bond acceptors (Lipinski definition) is 8. The molecule has 0 N–H and O–H groups in total. The molecule has 0 heterocycles. The Kier molecular flexibility index (Phi) is 70.2. The standard InChI is InChI=1S/C81H152NO8P/c1-6-8-10-12-14-16-18-20-22-24-26-28-30-32-34-35-36-37-38-39-40-41-42-43-44-45-46-47-48-50-52-54-56-58-60-62-64-66-68-70-72-74-81(84)90-79(78-89-91(85,86)88-76-75-82(3,4)5)77-87-80(83)73-71-69-67-65-63-61-59-57-55-53-51-49-33-31-29-27-25-23-21-19-17-15-13-11-9-7-2/h8,10,14,16,20,22,26,28,32,34,79H,6-7,9,11-13,15,17-19,21,23-25,27,29-31,33,35-78H2,1-5H3/b10-8-,16-14-,22-20-,28-26-,34-32-. The first-order valence-electron chi connectivity index (χ1n) is 39.5. The first-order valence-corrected chi connectivity index (χ1v) is 41.0. The van der Waals surface area contributed by atoms with E-state index < -0.39 is 26.5 Å². The number of carbonyl (C=O) groups excluding carboxylic acids is 2. The summed E-state index contributed by atoms with van der Waals surface area (Å²) in [4.78, 5) is 38.1. The summed E-state index contributed by atoms with van der Waals surface area (Å²) in [5, 5.41) is 0. The Morgan fingerprint density at radius 2 is 0.626 bits per heavy atom. The number of rotatable bonds is 74. The fraction of sp³-hybridized carbons (Fsp3) is 0.852. The second kappa shape index (κ2) is 72.0. The number of likely N-dealkylation sites (N-methyl/N-ethyl adjacent to an activating group) is 1. The van der Waals surface area contributed by atoms with E-state index >= 15 is 0 Å². The van der Waals surface area contributed by atoms with Gasteiger partial charge < -0.3 is 27.9 Å². The van der Waals surface area contributed by atoms with Gasteiger partial charge in [-0.2, -0.15) is 0 Å². The van der Waals surface area contributed by atoms with Gasteiger partial charge >= 0.3 is 11.9 Å². The summed E-state index contributed by atoms with van der Waals surface area (Å²) in [5.74, 6) is -0.808. The largest absolute Gasteiger partial charge is 0.756 e. The predicted octanol–water partition coefficient (Wildman–Crippen LogP) is 25.5. The van der Waals surface area contributed by atoms with Crippen molar-refractivity contribution in [2.45, 2.75) is 399 Å². The van der Waals surface area contributed by atoms with Crippen LogP contribution in [0.2, 0.25) is 0 Å².